The van der Waals surface area contributed by atoms with Gasteiger partial charge in [0.15, 0.2) is 5.96 Å². The summed E-state index contributed by atoms with van der Waals surface area (Å²) in [5, 5.41) is 17.2. The van der Waals surface area contributed by atoms with Gasteiger partial charge in [-0.15, -0.1) is 0 Å². The van der Waals surface area contributed by atoms with Gasteiger partial charge in [-0.25, -0.2) is 4.99 Å². The van der Waals surface area contributed by atoms with Gasteiger partial charge in [0.1, 0.15) is 6.54 Å². The van der Waals surface area contributed by atoms with Crippen molar-refractivity contribution in [3.05, 3.63) is 35.4 Å². The van der Waals surface area contributed by atoms with Crippen LogP contribution in [-0.2, 0) is 17.8 Å². The van der Waals surface area contributed by atoms with E-state index in [1.165, 1.54) is 11.1 Å². The topological polar surface area (TPSA) is 77.0 Å². The summed E-state index contributed by atoms with van der Waals surface area (Å²) < 4.78 is 0. The Balaban J connectivity index is 1.93. The maximum atomic E-state index is 12.6. The van der Waals surface area contributed by atoms with Gasteiger partial charge in [0.05, 0.1) is 5.60 Å². The lowest BCUT2D eigenvalue weighted by Gasteiger charge is -2.29. The number of guanidine groups is 1. The molecule has 0 saturated carbocycles. The Morgan fingerprint density at radius 2 is 1.82 bits per heavy atom. The largest absolute Gasteiger partial charge is 0.388 e. The third kappa shape index (κ3) is 6.51. The van der Waals surface area contributed by atoms with Crippen molar-refractivity contribution in [2.45, 2.75) is 65.0 Å². The van der Waals surface area contributed by atoms with Gasteiger partial charge < -0.3 is 20.6 Å². The van der Waals surface area contributed by atoms with Crippen LogP contribution in [0.2, 0.25) is 0 Å². The van der Waals surface area contributed by atoms with Crippen LogP contribution in [0.25, 0.3) is 0 Å². The fourth-order valence-electron chi connectivity index (χ4n) is 3.78. The summed E-state index contributed by atoms with van der Waals surface area (Å²) >= 11 is 0. The molecule has 28 heavy (non-hydrogen) atoms. The van der Waals surface area contributed by atoms with E-state index in [0.717, 1.165) is 38.6 Å². The molecule has 1 aromatic carbocycles. The Hall–Kier alpha value is -2.08. The number of rotatable bonds is 9. The Bertz CT molecular complexity index is 654. The van der Waals surface area contributed by atoms with Crippen LogP contribution in [0.1, 0.15) is 57.6 Å². The number of benzene rings is 1. The first-order chi connectivity index (χ1) is 13.5. The molecular formula is C22H36N4O2. The zero-order valence-electron chi connectivity index (χ0n) is 17.6. The normalized spacial score (nSPS) is 14.6. The molecule has 1 aliphatic heterocycles. The van der Waals surface area contributed by atoms with Gasteiger partial charge in [-0.1, -0.05) is 51.0 Å². The first-order valence-electron chi connectivity index (χ1n) is 10.6. The lowest BCUT2D eigenvalue weighted by atomic mass is 9.93. The SMILES string of the molecule is CCCC(O)(CCC)CNC(=NCC(=O)N1CCc2ccccc2C1)NCC. The van der Waals surface area contributed by atoms with E-state index in [4.69, 9.17) is 0 Å². The Labute approximate surface area is 169 Å². The van der Waals surface area contributed by atoms with E-state index in [1.54, 1.807) is 0 Å². The van der Waals surface area contributed by atoms with Crippen LogP contribution >= 0.6 is 0 Å². The molecule has 0 atom stereocenters. The van der Waals surface area contributed by atoms with Gasteiger partial charge >= 0.3 is 0 Å². The van der Waals surface area contributed by atoms with E-state index < -0.39 is 5.60 Å². The molecule has 1 heterocycles. The molecule has 2 rings (SSSR count). The maximum Gasteiger partial charge on any atom is 0.244 e. The fourth-order valence-corrected chi connectivity index (χ4v) is 3.78. The van der Waals surface area contributed by atoms with E-state index in [2.05, 4.69) is 41.6 Å². The molecule has 0 aliphatic carbocycles. The zero-order valence-corrected chi connectivity index (χ0v) is 17.6. The van der Waals surface area contributed by atoms with Gasteiger partial charge in [0.2, 0.25) is 5.91 Å². The molecule has 0 spiro atoms. The van der Waals surface area contributed by atoms with Crippen LogP contribution in [-0.4, -0.2) is 53.7 Å². The van der Waals surface area contributed by atoms with Crippen molar-refractivity contribution in [3.8, 4) is 0 Å². The van der Waals surface area contributed by atoms with Gasteiger partial charge in [-0.2, -0.15) is 0 Å². The molecule has 0 radical (unpaired) electrons. The molecule has 1 aromatic rings. The zero-order chi connectivity index (χ0) is 20.4. The predicted octanol–water partition coefficient (Wildman–Crippen LogP) is 2.46. The van der Waals surface area contributed by atoms with Crippen LogP contribution in [0.4, 0.5) is 0 Å². The molecule has 6 nitrogen and oxygen atoms in total. The summed E-state index contributed by atoms with van der Waals surface area (Å²) in [5.41, 5.74) is 1.82. The lowest BCUT2D eigenvalue weighted by molar-refractivity contribution is -0.130. The predicted molar refractivity (Wildman–Crippen MR) is 114 cm³/mol. The number of nitrogens with one attached hydrogen (secondary N) is 2. The molecule has 0 saturated heterocycles. The number of amides is 1. The van der Waals surface area contributed by atoms with E-state index in [-0.39, 0.29) is 12.5 Å². The third-order valence-corrected chi connectivity index (χ3v) is 5.22. The highest BCUT2D eigenvalue weighted by atomic mass is 16.3. The van der Waals surface area contributed by atoms with Crippen LogP contribution in [0.3, 0.4) is 0 Å². The first-order valence-corrected chi connectivity index (χ1v) is 10.6. The van der Waals surface area contributed by atoms with Gasteiger partial charge in [0.25, 0.3) is 0 Å². The van der Waals surface area contributed by atoms with Gasteiger partial charge in [-0.05, 0) is 37.3 Å². The Kier molecular flexibility index (Phi) is 8.77. The number of carbonyl (C=O) groups excluding carboxylic acids is 1. The molecule has 0 bridgehead atoms. The minimum absolute atomic E-state index is 0.0316. The Morgan fingerprint density at radius 3 is 2.46 bits per heavy atom. The van der Waals surface area contributed by atoms with E-state index in [1.807, 2.05) is 24.0 Å². The highest BCUT2D eigenvalue weighted by Gasteiger charge is 2.25. The summed E-state index contributed by atoms with van der Waals surface area (Å²) in [7, 11) is 0. The second-order valence-corrected chi connectivity index (χ2v) is 7.61. The molecule has 0 aromatic heterocycles. The molecule has 1 aliphatic rings. The molecule has 156 valence electrons. The average molecular weight is 389 g/mol. The molecule has 6 heteroatoms. The van der Waals surface area contributed by atoms with Crippen molar-refractivity contribution in [2.75, 3.05) is 26.2 Å². The third-order valence-electron chi connectivity index (χ3n) is 5.22. The van der Waals surface area contributed by atoms with Crippen molar-refractivity contribution in [2.24, 2.45) is 4.99 Å². The van der Waals surface area contributed by atoms with Gasteiger partial charge in [0, 0.05) is 26.2 Å². The van der Waals surface area contributed by atoms with Crippen molar-refractivity contribution < 1.29 is 9.90 Å². The number of hydrogen-bond donors (Lipinski definition) is 3. The summed E-state index contributed by atoms with van der Waals surface area (Å²) in [6.45, 7) is 8.79. The van der Waals surface area contributed by atoms with Crippen molar-refractivity contribution in [1.29, 1.82) is 0 Å². The summed E-state index contributed by atoms with van der Waals surface area (Å²) in [6.07, 6.45) is 4.26. The Morgan fingerprint density at radius 1 is 1.14 bits per heavy atom. The lowest BCUT2D eigenvalue weighted by Crippen LogP contribution is -2.47. The van der Waals surface area contributed by atoms with E-state index >= 15 is 0 Å². The van der Waals surface area contributed by atoms with Crippen molar-refractivity contribution in [1.82, 2.24) is 15.5 Å². The molecular weight excluding hydrogens is 352 g/mol. The van der Waals surface area contributed by atoms with Crippen molar-refractivity contribution >= 4 is 11.9 Å². The summed E-state index contributed by atoms with van der Waals surface area (Å²) in [4.78, 5) is 19.0. The number of fused-ring (bicyclic) bond motifs is 1. The van der Waals surface area contributed by atoms with Crippen LogP contribution in [0, 0.1) is 0 Å². The smallest absolute Gasteiger partial charge is 0.244 e. The number of carbonyl (C=O) groups is 1. The molecule has 0 fully saturated rings. The van der Waals surface area contributed by atoms with Gasteiger partial charge in [-0.3, -0.25) is 4.79 Å². The van der Waals surface area contributed by atoms with Crippen molar-refractivity contribution in [3.63, 3.8) is 0 Å². The van der Waals surface area contributed by atoms with E-state index in [9.17, 15) is 9.90 Å². The molecule has 1 amide bonds. The van der Waals surface area contributed by atoms with Crippen LogP contribution in [0.15, 0.2) is 29.3 Å². The fraction of sp³-hybridized carbons (Fsp3) is 0.636. The quantitative estimate of drug-likeness (QED) is 0.449. The minimum Gasteiger partial charge on any atom is -0.388 e. The monoisotopic (exact) mass is 388 g/mol. The first kappa shape index (κ1) is 22.2. The number of aliphatic hydroxyl groups is 1. The standard InChI is InChI=1S/C22H36N4O2/c1-4-12-22(28,13-5-2)17-25-21(23-6-3)24-15-20(27)26-14-11-18-9-7-8-10-19(18)16-26/h7-10,28H,4-6,11-17H2,1-3H3,(H2,23,24,25). The number of hydrogen-bond acceptors (Lipinski definition) is 3. The molecule has 0 unspecified atom stereocenters. The average Bonchev–Trinajstić information content (AvgIpc) is 2.70. The number of aliphatic imine (C=N–C) groups is 1. The van der Waals surface area contributed by atoms with Crippen LogP contribution < -0.4 is 10.6 Å². The summed E-state index contributed by atoms with van der Waals surface area (Å²) in [6, 6.07) is 8.29. The summed E-state index contributed by atoms with van der Waals surface area (Å²) in [5.74, 6) is 0.614. The highest BCUT2D eigenvalue weighted by Crippen LogP contribution is 2.19. The second-order valence-electron chi connectivity index (χ2n) is 7.61. The number of nitrogens with zero attached hydrogens (tertiary/aromatic N) is 2. The van der Waals surface area contributed by atoms with Crippen LogP contribution in [0.5, 0.6) is 0 Å². The minimum atomic E-state index is -0.736. The maximum absolute atomic E-state index is 12.6. The molecule has 3 N–H and O–H groups in total. The van der Waals surface area contributed by atoms with E-state index in [0.29, 0.717) is 25.6 Å². The second kappa shape index (κ2) is 11.1. The highest BCUT2D eigenvalue weighted by molar-refractivity contribution is 5.85.